The molecule has 0 aliphatic rings. The summed E-state index contributed by atoms with van der Waals surface area (Å²) in [5, 5.41) is 17.9. The van der Waals surface area contributed by atoms with E-state index in [1.54, 1.807) is 43.7 Å². The Hall–Kier alpha value is -3.20. The molecule has 0 radical (unpaired) electrons. The first kappa shape index (κ1) is 19.1. The Morgan fingerprint density at radius 3 is 2.77 bits per heavy atom. The monoisotopic (exact) mass is 374 g/mol. The van der Waals surface area contributed by atoms with E-state index in [0.717, 1.165) is 5.56 Å². The third kappa shape index (κ3) is 5.15. The van der Waals surface area contributed by atoms with Crippen molar-refractivity contribution in [1.82, 2.24) is 5.43 Å². The molecule has 0 saturated carbocycles. The van der Waals surface area contributed by atoms with Crippen molar-refractivity contribution in [2.24, 2.45) is 5.10 Å². The number of hydrogen-bond acceptors (Lipinski definition) is 6. The zero-order chi connectivity index (χ0) is 18.9. The number of para-hydroxylation sites is 2. The van der Waals surface area contributed by atoms with Gasteiger partial charge in [-0.2, -0.15) is 5.10 Å². The summed E-state index contributed by atoms with van der Waals surface area (Å²) in [7, 11) is 1.56. The third-order valence-electron chi connectivity index (χ3n) is 3.22. The van der Waals surface area contributed by atoms with Crippen molar-refractivity contribution in [3.8, 4) is 11.5 Å². The predicted molar refractivity (Wildman–Crippen MR) is 104 cm³/mol. The van der Waals surface area contributed by atoms with E-state index >= 15 is 0 Å². The topological polar surface area (TPSA) is 98.0 Å². The fourth-order valence-corrected chi connectivity index (χ4v) is 2.26. The summed E-state index contributed by atoms with van der Waals surface area (Å²) >= 11 is 5.10. The molecule has 0 heterocycles. The van der Waals surface area contributed by atoms with Crippen molar-refractivity contribution in [2.45, 2.75) is 6.92 Å². The SMILES string of the molecule is CCOc1ccc(/C=N\NC(=S)Nc2ccccc2[N+](=O)[O-])cc1OC. The number of hydrogen-bond donors (Lipinski definition) is 2. The van der Waals surface area contributed by atoms with Crippen molar-refractivity contribution in [3.05, 3.63) is 58.1 Å². The number of rotatable bonds is 7. The number of ether oxygens (including phenoxy) is 2. The van der Waals surface area contributed by atoms with Gasteiger partial charge in [0.15, 0.2) is 16.6 Å². The summed E-state index contributed by atoms with van der Waals surface area (Å²) in [6.45, 7) is 2.43. The molecule has 8 nitrogen and oxygen atoms in total. The number of nitro benzene ring substituents is 1. The van der Waals surface area contributed by atoms with E-state index < -0.39 is 4.92 Å². The van der Waals surface area contributed by atoms with E-state index in [9.17, 15) is 10.1 Å². The van der Waals surface area contributed by atoms with E-state index in [-0.39, 0.29) is 16.5 Å². The van der Waals surface area contributed by atoms with Crippen LogP contribution in [0.4, 0.5) is 11.4 Å². The Kier molecular flexibility index (Phi) is 6.86. The van der Waals surface area contributed by atoms with Crippen molar-refractivity contribution >= 4 is 34.9 Å². The first-order chi connectivity index (χ1) is 12.5. The number of thiocarbonyl (C=S) groups is 1. The van der Waals surface area contributed by atoms with Gasteiger partial charge in [-0.25, -0.2) is 0 Å². The maximum absolute atomic E-state index is 11.0. The lowest BCUT2D eigenvalue weighted by Crippen LogP contribution is -2.24. The van der Waals surface area contributed by atoms with Gasteiger partial charge in [0.05, 0.1) is 24.9 Å². The third-order valence-corrected chi connectivity index (χ3v) is 3.41. The molecular formula is C17H18N4O4S. The molecular weight excluding hydrogens is 356 g/mol. The number of nitrogens with zero attached hydrogens (tertiary/aromatic N) is 2. The van der Waals surface area contributed by atoms with Crippen LogP contribution in [0.2, 0.25) is 0 Å². The Bertz CT molecular complexity index is 826. The summed E-state index contributed by atoms with van der Waals surface area (Å²) in [5.74, 6) is 1.24. The van der Waals surface area contributed by atoms with E-state index in [1.807, 2.05) is 13.0 Å². The Morgan fingerprint density at radius 1 is 1.31 bits per heavy atom. The molecule has 0 aliphatic carbocycles. The van der Waals surface area contributed by atoms with E-state index in [4.69, 9.17) is 21.7 Å². The van der Waals surface area contributed by atoms with Gasteiger partial charge in [-0.05, 0) is 49.0 Å². The van der Waals surface area contributed by atoms with Gasteiger partial charge >= 0.3 is 0 Å². The molecule has 9 heteroatoms. The molecule has 26 heavy (non-hydrogen) atoms. The van der Waals surface area contributed by atoms with Gasteiger partial charge in [0.2, 0.25) is 0 Å². The number of nitrogens with one attached hydrogen (secondary N) is 2. The van der Waals surface area contributed by atoms with Crippen molar-refractivity contribution in [3.63, 3.8) is 0 Å². The molecule has 0 unspecified atom stereocenters. The van der Waals surface area contributed by atoms with Crippen molar-refractivity contribution < 1.29 is 14.4 Å². The zero-order valence-electron chi connectivity index (χ0n) is 14.3. The lowest BCUT2D eigenvalue weighted by molar-refractivity contribution is -0.383. The Labute approximate surface area is 156 Å². The minimum Gasteiger partial charge on any atom is -0.493 e. The van der Waals surface area contributed by atoms with Crippen LogP contribution in [0.25, 0.3) is 0 Å². The average molecular weight is 374 g/mol. The number of nitro groups is 1. The van der Waals surface area contributed by atoms with E-state index in [0.29, 0.717) is 18.1 Å². The lowest BCUT2D eigenvalue weighted by Gasteiger charge is -2.09. The maximum Gasteiger partial charge on any atom is 0.292 e. The van der Waals surface area contributed by atoms with Gasteiger partial charge in [-0.3, -0.25) is 15.5 Å². The summed E-state index contributed by atoms with van der Waals surface area (Å²) < 4.78 is 10.7. The fraction of sp³-hybridized carbons (Fsp3) is 0.176. The minimum absolute atomic E-state index is 0.0723. The number of anilines is 1. The van der Waals surface area contributed by atoms with Crippen molar-refractivity contribution in [2.75, 3.05) is 19.0 Å². The summed E-state index contributed by atoms with van der Waals surface area (Å²) in [5.41, 5.74) is 3.60. The second kappa shape index (κ2) is 9.33. The normalized spacial score (nSPS) is 10.4. The Morgan fingerprint density at radius 2 is 2.08 bits per heavy atom. The van der Waals surface area contributed by atoms with Crippen LogP contribution < -0.4 is 20.2 Å². The average Bonchev–Trinajstić information content (AvgIpc) is 2.63. The lowest BCUT2D eigenvalue weighted by atomic mass is 10.2. The zero-order valence-corrected chi connectivity index (χ0v) is 15.1. The molecule has 2 aromatic rings. The molecule has 0 spiro atoms. The summed E-state index contributed by atoms with van der Waals surface area (Å²) in [6, 6.07) is 11.6. The predicted octanol–water partition coefficient (Wildman–Crippen LogP) is 3.32. The largest absolute Gasteiger partial charge is 0.493 e. The Balaban J connectivity index is 2.00. The molecule has 0 bridgehead atoms. The maximum atomic E-state index is 11.0. The molecule has 2 aromatic carbocycles. The van der Waals surface area contributed by atoms with Crippen LogP contribution in [0.3, 0.4) is 0 Å². The van der Waals surface area contributed by atoms with Crippen LogP contribution in [0.15, 0.2) is 47.6 Å². The first-order valence-electron chi connectivity index (χ1n) is 7.69. The smallest absolute Gasteiger partial charge is 0.292 e. The highest BCUT2D eigenvalue weighted by atomic mass is 32.1. The molecule has 2 rings (SSSR count). The highest BCUT2D eigenvalue weighted by Gasteiger charge is 2.12. The van der Waals surface area contributed by atoms with E-state index in [1.165, 1.54) is 6.07 Å². The van der Waals surface area contributed by atoms with Crippen LogP contribution in [-0.4, -0.2) is 30.0 Å². The van der Waals surface area contributed by atoms with Gasteiger partial charge in [0.25, 0.3) is 5.69 Å². The molecule has 0 atom stereocenters. The fourth-order valence-electron chi connectivity index (χ4n) is 2.09. The van der Waals surface area contributed by atoms with Gasteiger partial charge < -0.3 is 14.8 Å². The molecule has 0 aliphatic heterocycles. The van der Waals surface area contributed by atoms with Crippen molar-refractivity contribution in [1.29, 1.82) is 0 Å². The molecule has 136 valence electrons. The van der Waals surface area contributed by atoms with Crippen LogP contribution in [0, 0.1) is 10.1 Å². The van der Waals surface area contributed by atoms with Crippen LogP contribution >= 0.6 is 12.2 Å². The van der Waals surface area contributed by atoms with Crippen LogP contribution in [-0.2, 0) is 0 Å². The summed E-state index contributed by atoms with van der Waals surface area (Å²) in [6.07, 6.45) is 1.55. The van der Waals surface area contributed by atoms with Gasteiger partial charge in [0.1, 0.15) is 5.69 Å². The van der Waals surface area contributed by atoms with Crippen LogP contribution in [0.1, 0.15) is 12.5 Å². The van der Waals surface area contributed by atoms with E-state index in [2.05, 4.69) is 15.8 Å². The standard InChI is InChI=1S/C17H18N4O4S/c1-3-25-15-9-8-12(10-16(15)24-2)11-18-20-17(26)19-13-6-4-5-7-14(13)21(22)23/h4-11H,3H2,1-2H3,(H2,19,20,26)/b18-11-. The minimum atomic E-state index is -0.486. The van der Waals surface area contributed by atoms with Gasteiger partial charge in [-0.15, -0.1) is 0 Å². The van der Waals surface area contributed by atoms with Gasteiger partial charge in [-0.1, -0.05) is 12.1 Å². The number of benzene rings is 2. The van der Waals surface area contributed by atoms with Gasteiger partial charge in [0, 0.05) is 6.07 Å². The second-order valence-electron chi connectivity index (χ2n) is 4.94. The second-order valence-corrected chi connectivity index (χ2v) is 5.35. The molecule has 0 aromatic heterocycles. The first-order valence-corrected chi connectivity index (χ1v) is 8.10. The highest BCUT2D eigenvalue weighted by Crippen LogP contribution is 2.27. The molecule has 0 saturated heterocycles. The number of methoxy groups -OCH3 is 1. The molecule has 0 amide bonds. The highest BCUT2D eigenvalue weighted by molar-refractivity contribution is 7.80. The quantitative estimate of drug-likeness (QED) is 0.332. The number of hydrazone groups is 1. The molecule has 2 N–H and O–H groups in total. The molecule has 0 fully saturated rings. The summed E-state index contributed by atoms with van der Waals surface area (Å²) in [4.78, 5) is 10.5. The van der Waals surface area contributed by atoms with Crippen LogP contribution in [0.5, 0.6) is 11.5 Å².